The van der Waals surface area contributed by atoms with Crippen LogP contribution in [0.4, 0.5) is 0 Å². The Morgan fingerprint density at radius 3 is 2.11 bits per heavy atom. The molecular weight excluding hydrogens is 236 g/mol. The molecule has 1 aromatic carbocycles. The minimum atomic E-state index is -0.252. The molecule has 1 N–H and O–H groups in total. The highest BCUT2D eigenvalue weighted by Gasteiger charge is 2.11. The molecule has 0 aromatic heterocycles. The van der Waals surface area contributed by atoms with Gasteiger partial charge in [-0.25, -0.2) is 5.43 Å². The number of nitrogens with zero attached hydrogens (tertiary/aromatic N) is 1. The minimum absolute atomic E-state index is 0.252. The van der Waals surface area contributed by atoms with Crippen molar-refractivity contribution in [2.45, 2.75) is 6.92 Å². The van der Waals surface area contributed by atoms with Gasteiger partial charge in [-0.2, -0.15) is 5.10 Å². The maximum atomic E-state index is 10.7. The SMILES string of the molecule is COc1cc(OC)c(/C=N/NC(C)=O)c(OC)c1. The van der Waals surface area contributed by atoms with Gasteiger partial charge >= 0.3 is 0 Å². The number of nitrogens with one attached hydrogen (secondary N) is 1. The van der Waals surface area contributed by atoms with Crippen molar-refractivity contribution in [3.8, 4) is 17.2 Å². The van der Waals surface area contributed by atoms with Gasteiger partial charge in [-0.15, -0.1) is 0 Å². The molecule has 0 fully saturated rings. The molecule has 0 unspecified atom stereocenters. The standard InChI is InChI=1S/C12H16N2O4/c1-8(15)14-13-7-10-11(17-3)5-9(16-2)6-12(10)18-4/h5-7H,1-4H3,(H,14,15)/b13-7+. The lowest BCUT2D eigenvalue weighted by Crippen LogP contribution is -2.12. The lowest BCUT2D eigenvalue weighted by Gasteiger charge is -2.11. The Bertz CT molecular complexity index is 432. The lowest BCUT2D eigenvalue weighted by molar-refractivity contribution is -0.118. The van der Waals surface area contributed by atoms with Gasteiger partial charge in [0.25, 0.3) is 0 Å². The molecule has 6 heteroatoms. The zero-order valence-corrected chi connectivity index (χ0v) is 10.8. The monoisotopic (exact) mass is 252 g/mol. The van der Waals surface area contributed by atoms with Crippen molar-refractivity contribution in [2.75, 3.05) is 21.3 Å². The number of benzene rings is 1. The van der Waals surface area contributed by atoms with E-state index in [1.54, 1.807) is 19.2 Å². The Morgan fingerprint density at radius 1 is 1.17 bits per heavy atom. The van der Waals surface area contributed by atoms with Gasteiger partial charge in [-0.1, -0.05) is 0 Å². The number of carbonyl (C=O) groups is 1. The Balaban J connectivity index is 3.14. The Labute approximate surface area is 106 Å². The summed E-state index contributed by atoms with van der Waals surface area (Å²) in [7, 11) is 4.62. The summed E-state index contributed by atoms with van der Waals surface area (Å²) in [5, 5.41) is 3.79. The van der Waals surface area contributed by atoms with Crippen LogP contribution < -0.4 is 19.6 Å². The summed E-state index contributed by atoms with van der Waals surface area (Å²) in [6.07, 6.45) is 1.46. The number of hydrogen-bond donors (Lipinski definition) is 1. The van der Waals surface area contributed by atoms with Crippen molar-refractivity contribution in [3.63, 3.8) is 0 Å². The molecule has 1 aromatic rings. The first kappa shape index (κ1) is 13.8. The predicted molar refractivity (Wildman–Crippen MR) is 67.5 cm³/mol. The van der Waals surface area contributed by atoms with E-state index in [2.05, 4.69) is 10.5 Å². The van der Waals surface area contributed by atoms with Crippen LogP contribution in [0.1, 0.15) is 12.5 Å². The molecule has 1 amide bonds. The molecule has 0 aliphatic carbocycles. The largest absolute Gasteiger partial charge is 0.496 e. The molecule has 0 atom stereocenters. The van der Waals surface area contributed by atoms with E-state index in [0.29, 0.717) is 22.8 Å². The molecule has 0 bridgehead atoms. The van der Waals surface area contributed by atoms with Crippen molar-refractivity contribution in [1.82, 2.24) is 5.43 Å². The first-order valence-corrected chi connectivity index (χ1v) is 5.22. The van der Waals surface area contributed by atoms with Crippen molar-refractivity contribution in [3.05, 3.63) is 17.7 Å². The number of methoxy groups -OCH3 is 3. The third kappa shape index (κ3) is 3.38. The summed E-state index contributed by atoms with van der Waals surface area (Å²) in [5.74, 6) is 1.44. The van der Waals surface area contributed by atoms with Crippen LogP contribution in [0, 0.1) is 0 Å². The molecule has 0 saturated carbocycles. The van der Waals surface area contributed by atoms with E-state index in [4.69, 9.17) is 14.2 Å². The molecule has 1 rings (SSSR count). The van der Waals surface area contributed by atoms with Crippen LogP contribution in [-0.2, 0) is 4.79 Å². The smallest absolute Gasteiger partial charge is 0.236 e. The Kier molecular flexibility index (Phi) is 4.98. The maximum absolute atomic E-state index is 10.7. The summed E-state index contributed by atoms with van der Waals surface area (Å²) in [6, 6.07) is 3.41. The van der Waals surface area contributed by atoms with Crippen LogP contribution in [0.2, 0.25) is 0 Å². The highest BCUT2D eigenvalue weighted by molar-refractivity contribution is 5.88. The van der Waals surface area contributed by atoms with Crippen LogP contribution in [0.25, 0.3) is 0 Å². The topological polar surface area (TPSA) is 69.2 Å². The third-order valence-electron chi connectivity index (χ3n) is 2.17. The quantitative estimate of drug-likeness (QED) is 0.631. The van der Waals surface area contributed by atoms with Gasteiger partial charge in [0.1, 0.15) is 17.2 Å². The fourth-order valence-corrected chi connectivity index (χ4v) is 1.35. The fourth-order valence-electron chi connectivity index (χ4n) is 1.35. The average Bonchev–Trinajstić information content (AvgIpc) is 2.37. The van der Waals surface area contributed by atoms with Crippen LogP contribution in [0.3, 0.4) is 0 Å². The average molecular weight is 252 g/mol. The van der Waals surface area contributed by atoms with Gasteiger partial charge in [0.15, 0.2) is 0 Å². The van der Waals surface area contributed by atoms with Crippen LogP contribution in [0.15, 0.2) is 17.2 Å². The summed E-state index contributed by atoms with van der Waals surface area (Å²) >= 11 is 0. The van der Waals surface area contributed by atoms with Gasteiger partial charge in [0.2, 0.25) is 5.91 Å². The molecule has 0 heterocycles. The second-order valence-electron chi connectivity index (χ2n) is 3.37. The molecule has 0 spiro atoms. The Hall–Kier alpha value is -2.24. The number of hydrogen-bond acceptors (Lipinski definition) is 5. The van der Waals surface area contributed by atoms with E-state index < -0.39 is 0 Å². The van der Waals surface area contributed by atoms with E-state index in [1.165, 1.54) is 27.4 Å². The van der Waals surface area contributed by atoms with E-state index in [-0.39, 0.29) is 5.91 Å². The molecule has 0 radical (unpaired) electrons. The van der Waals surface area contributed by atoms with Gasteiger partial charge in [0.05, 0.1) is 33.1 Å². The number of rotatable bonds is 5. The molecule has 6 nitrogen and oxygen atoms in total. The van der Waals surface area contributed by atoms with Gasteiger partial charge in [0, 0.05) is 19.1 Å². The van der Waals surface area contributed by atoms with Crippen molar-refractivity contribution in [2.24, 2.45) is 5.10 Å². The second-order valence-corrected chi connectivity index (χ2v) is 3.37. The van der Waals surface area contributed by atoms with Gasteiger partial charge < -0.3 is 14.2 Å². The molecule has 0 saturated heterocycles. The van der Waals surface area contributed by atoms with Gasteiger partial charge in [-0.3, -0.25) is 4.79 Å². The second kappa shape index (κ2) is 6.48. The van der Waals surface area contributed by atoms with E-state index in [9.17, 15) is 4.79 Å². The van der Waals surface area contributed by atoms with Crippen LogP contribution >= 0.6 is 0 Å². The maximum Gasteiger partial charge on any atom is 0.236 e. The highest BCUT2D eigenvalue weighted by Crippen LogP contribution is 2.32. The first-order chi connectivity index (χ1) is 8.62. The summed E-state index contributed by atoms with van der Waals surface area (Å²) in [4.78, 5) is 10.7. The molecule has 18 heavy (non-hydrogen) atoms. The van der Waals surface area contributed by atoms with Crippen molar-refractivity contribution >= 4 is 12.1 Å². The molecule has 98 valence electrons. The number of hydrazone groups is 1. The summed E-state index contributed by atoms with van der Waals surface area (Å²) in [5.41, 5.74) is 2.93. The predicted octanol–water partition coefficient (Wildman–Crippen LogP) is 1.18. The third-order valence-corrected chi connectivity index (χ3v) is 2.17. The fraction of sp³-hybridized carbons (Fsp3) is 0.333. The molecular formula is C12H16N2O4. The summed E-state index contributed by atoms with van der Waals surface area (Å²) in [6.45, 7) is 1.37. The van der Waals surface area contributed by atoms with Crippen LogP contribution in [0.5, 0.6) is 17.2 Å². The van der Waals surface area contributed by atoms with Crippen molar-refractivity contribution in [1.29, 1.82) is 0 Å². The summed E-state index contributed by atoms with van der Waals surface area (Å²) < 4.78 is 15.6. The first-order valence-electron chi connectivity index (χ1n) is 5.22. The number of amides is 1. The lowest BCUT2D eigenvalue weighted by atomic mass is 10.2. The zero-order valence-electron chi connectivity index (χ0n) is 10.8. The normalized spacial score (nSPS) is 10.2. The van der Waals surface area contributed by atoms with Gasteiger partial charge in [-0.05, 0) is 0 Å². The zero-order chi connectivity index (χ0) is 13.5. The van der Waals surface area contributed by atoms with Crippen molar-refractivity contribution < 1.29 is 19.0 Å². The molecule has 0 aliphatic rings. The number of carbonyl (C=O) groups excluding carboxylic acids is 1. The van der Waals surface area contributed by atoms with E-state index >= 15 is 0 Å². The number of ether oxygens (including phenoxy) is 3. The minimum Gasteiger partial charge on any atom is -0.496 e. The Morgan fingerprint density at radius 2 is 1.72 bits per heavy atom. The van der Waals surface area contributed by atoms with Crippen LogP contribution in [-0.4, -0.2) is 33.5 Å². The highest BCUT2D eigenvalue weighted by atomic mass is 16.5. The van der Waals surface area contributed by atoms with E-state index in [1.807, 2.05) is 0 Å². The van der Waals surface area contributed by atoms with E-state index in [0.717, 1.165) is 0 Å². The molecule has 0 aliphatic heterocycles.